The Kier molecular flexibility index (Phi) is 4.35. The third kappa shape index (κ3) is 2.81. The van der Waals surface area contributed by atoms with Crippen molar-refractivity contribution in [2.24, 2.45) is 0 Å². The molecule has 2 aromatic rings. The summed E-state index contributed by atoms with van der Waals surface area (Å²) in [4.78, 5) is 14.0. The molecule has 0 fully saturated rings. The van der Waals surface area contributed by atoms with Gasteiger partial charge in [-0.15, -0.1) is 0 Å². The number of nitrogens with one attached hydrogen (secondary N) is 1. The number of carbonyl (C=O) groups excluding carboxylic acids is 1. The molecule has 1 unspecified atom stereocenters. The van der Waals surface area contributed by atoms with E-state index in [-0.39, 0.29) is 11.9 Å². The molecule has 1 aromatic heterocycles. The van der Waals surface area contributed by atoms with E-state index in [9.17, 15) is 4.79 Å². The van der Waals surface area contributed by atoms with Crippen LogP contribution in [0.25, 0.3) is 0 Å². The van der Waals surface area contributed by atoms with Crippen LogP contribution in [0.5, 0.6) is 0 Å². The van der Waals surface area contributed by atoms with E-state index >= 15 is 0 Å². The SMILES string of the molecule is Cc1[nH]ncc1C(=O)N(C)C(C)c1ccc(Cl)cc1Cl. The number of aromatic nitrogens is 2. The maximum atomic E-state index is 12.4. The third-order valence-electron chi connectivity index (χ3n) is 3.37. The van der Waals surface area contributed by atoms with Crippen LogP contribution in [0.1, 0.15) is 34.6 Å². The first-order valence-electron chi connectivity index (χ1n) is 6.14. The zero-order valence-corrected chi connectivity index (χ0v) is 13.0. The summed E-state index contributed by atoms with van der Waals surface area (Å²) in [6, 6.07) is 5.11. The Morgan fingerprint density at radius 2 is 2.10 bits per heavy atom. The van der Waals surface area contributed by atoms with Crippen LogP contribution in [0, 0.1) is 6.92 Å². The average Bonchev–Trinajstić information content (AvgIpc) is 2.82. The Bertz CT molecular complexity index is 639. The van der Waals surface area contributed by atoms with Gasteiger partial charge in [-0.05, 0) is 31.5 Å². The molecule has 0 saturated carbocycles. The number of benzene rings is 1. The first kappa shape index (κ1) is 14.9. The number of carbonyl (C=O) groups is 1. The Hall–Kier alpha value is -1.52. The Balaban J connectivity index is 2.26. The lowest BCUT2D eigenvalue weighted by atomic mass is 10.1. The fraction of sp³-hybridized carbons (Fsp3) is 0.286. The fourth-order valence-electron chi connectivity index (χ4n) is 1.98. The molecular weight excluding hydrogens is 297 g/mol. The maximum Gasteiger partial charge on any atom is 0.257 e. The van der Waals surface area contributed by atoms with Crippen molar-refractivity contribution in [3.8, 4) is 0 Å². The van der Waals surface area contributed by atoms with E-state index in [1.807, 2.05) is 19.9 Å². The third-order valence-corrected chi connectivity index (χ3v) is 3.94. The number of aromatic amines is 1. The smallest absolute Gasteiger partial charge is 0.257 e. The zero-order chi connectivity index (χ0) is 14.9. The van der Waals surface area contributed by atoms with E-state index in [0.29, 0.717) is 15.6 Å². The summed E-state index contributed by atoms with van der Waals surface area (Å²) in [6.45, 7) is 3.73. The van der Waals surface area contributed by atoms with Gasteiger partial charge < -0.3 is 4.90 Å². The molecule has 106 valence electrons. The van der Waals surface area contributed by atoms with Crippen LogP contribution in [-0.4, -0.2) is 28.1 Å². The summed E-state index contributed by atoms with van der Waals surface area (Å²) in [7, 11) is 1.74. The number of hydrogen-bond donors (Lipinski definition) is 1. The highest BCUT2D eigenvalue weighted by molar-refractivity contribution is 6.35. The summed E-state index contributed by atoms with van der Waals surface area (Å²) in [5.41, 5.74) is 2.16. The second-order valence-electron chi connectivity index (χ2n) is 4.67. The summed E-state index contributed by atoms with van der Waals surface area (Å²) in [5, 5.41) is 7.76. The van der Waals surface area contributed by atoms with Crippen LogP contribution in [0.4, 0.5) is 0 Å². The van der Waals surface area contributed by atoms with Crippen molar-refractivity contribution >= 4 is 29.1 Å². The molecule has 1 N–H and O–H groups in total. The molecule has 1 heterocycles. The van der Waals surface area contributed by atoms with Gasteiger partial charge in [0.15, 0.2) is 0 Å². The van der Waals surface area contributed by atoms with E-state index in [0.717, 1.165) is 11.3 Å². The Labute approximate surface area is 127 Å². The zero-order valence-electron chi connectivity index (χ0n) is 11.4. The largest absolute Gasteiger partial charge is 0.335 e. The molecule has 1 aromatic carbocycles. The molecule has 0 aliphatic rings. The first-order valence-corrected chi connectivity index (χ1v) is 6.89. The predicted molar refractivity (Wildman–Crippen MR) is 80.3 cm³/mol. The lowest BCUT2D eigenvalue weighted by Gasteiger charge is -2.26. The van der Waals surface area contributed by atoms with Crippen molar-refractivity contribution in [1.29, 1.82) is 0 Å². The number of nitrogens with zero attached hydrogens (tertiary/aromatic N) is 2. The number of halogens is 2. The average molecular weight is 312 g/mol. The Morgan fingerprint density at radius 1 is 1.40 bits per heavy atom. The van der Waals surface area contributed by atoms with E-state index in [1.165, 1.54) is 6.20 Å². The molecule has 0 radical (unpaired) electrons. The molecule has 4 nitrogen and oxygen atoms in total. The number of H-pyrrole nitrogens is 1. The minimum atomic E-state index is -0.165. The molecule has 0 spiro atoms. The highest BCUT2D eigenvalue weighted by atomic mass is 35.5. The molecule has 2 rings (SSSR count). The number of amides is 1. The van der Waals surface area contributed by atoms with Crippen molar-refractivity contribution < 1.29 is 4.79 Å². The molecule has 0 aliphatic heterocycles. The summed E-state index contributed by atoms with van der Waals surface area (Å²) >= 11 is 12.1. The maximum absolute atomic E-state index is 12.4. The van der Waals surface area contributed by atoms with Gasteiger partial charge in [-0.25, -0.2) is 0 Å². The quantitative estimate of drug-likeness (QED) is 0.935. The van der Waals surface area contributed by atoms with Crippen LogP contribution in [0.2, 0.25) is 10.0 Å². The normalized spacial score (nSPS) is 12.2. The van der Waals surface area contributed by atoms with Crippen LogP contribution < -0.4 is 0 Å². The van der Waals surface area contributed by atoms with Gasteiger partial charge >= 0.3 is 0 Å². The van der Waals surface area contributed by atoms with Crippen molar-refractivity contribution in [1.82, 2.24) is 15.1 Å². The summed E-state index contributed by atoms with van der Waals surface area (Å²) in [6.07, 6.45) is 1.53. The Morgan fingerprint density at radius 3 is 2.65 bits per heavy atom. The van der Waals surface area contributed by atoms with Crippen molar-refractivity contribution in [2.45, 2.75) is 19.9 Å². The molecule has 6 heteroatoms. The van der Waals surface area contributed by atoms with E-state index in [4.69, 9.17) is 23.2 Å². The molecule has 20 heavy (non-hydrogen) atoms. The fourth-order valence-corrected chi connectivity index (χ4v) is 2.55. The van der Waals surface area contributed by atoms with Crippen LogP contribution in [0.3, 0.4) is 0 Å². The number of hydrogen-bond acceptors (Lipinski definition) is 2. The topological polar surface area (TPSA) is 49.0 Å². The molecule has 1 amide bonds. The van der Waals surface area contributed by atoms with Crippen LogP contribution in [0.15, 0.2) is 24.4 Å². The predicted octanol–water partition coefficient (Wildman–Crippen LogP) is 3.86. The van der Waals surface area contributed by atoms with Crippen molar-refractivity contribution in [2.75, 3.05) is 7.05 Å². The number of aryl methyl sites for hydroxylation is 1. The first-order chi connectivity index (χ1) is 9.41. The van der Waals surface area contributed by atoms with Gasteiger partial charge in [0.25, 0.3) is 5.91 Å². The van der Waals surface area contributed by atoms with Gasteiger partial charge in [-0.3, -0.25) is 9.89 Å². The molecule has 0 aliphatic carbocycles. The molecule has 0 saturated heterocycles. The monoisotopic (exact) mass is 311 g/mol. The van der Waals surface area contributed by atoms with Gasteiger partial charge in [-0.1, -0.05) is 29.3 Å². The van der Waals surface area contributed by atoms with Crippen LogP contribution >= 0.6 is 23.2 Å². The standard InChI is InChI=1S/C14H15Cl2N3O/c1-8-12(7-17-18-8)14(20)19(3)9(2)11-5-4-10(15)6-13(11)16/h4-7,9H,1-3H3,(H,17,18). The van der Waals surface area contributed by atoms with E-state index < -0.39 is 0 Å². The highest BCUT2D eigenvalue weighted by Gasteiger charge is 2.22. The molecule has 1 atom stereocenters. The highest BCUT2D eigenvalue weighted by Crippen LogP contribution is 2.29. The second kappa shape index (κ2) is 5.85. The van der Waals surface area contributed by atoms with Gasteiger partial charge in [0.05, 0.1) is 17.8 Å². The van der Waals surface area contributed by atoms with Gasteiger partial charge in [0, 0.05) is 22.8 Å². The van der Waals surface area contributed by atoms with Crippen molar-refractivity contribution in [3.05, 3.63) is 51.3 Å². The molecular formula is C14H15Cl2N3O. The van der Waals surface area contributed by atoms with Crippen molar-refractivity contribution in [3.63, 3.8) is 0 Å². The van der Waals surface area contributed by atoms with Gasteiger partial charge in [0.1, 0.15) is 0 Å². The van der Waals surface area contributed by atoms with Crippen LogP contribution in [-0.2, 0) is 0 Å². The van der Waals surface area contributed by atoms with Gasteiger partial charge in [-0.2, -0.15) is 5.10 Å². The summed E-state index contributed by atoms with van der Waals surface area (Å²) < 4.78 is 0. The van der Waals surface area contributed by atoms with E-state index in [1.54, 1.807) is 24.1 Å². The summed E-state index contributed by atoms with van der Waals surface area (Å²) in [5.74, 6) is -0.102. The van der Waals surface area contributed by atoms with E-state index in [2.05, 4.69) is 10.2 Å². The minimum absolute atomic E-state index is 0.102. The lowest BCUT2D eigenvalue weighted by molar-refractivity contribution is 0.0742. The molecule has 0 bridgehead atoms. The minimum Gasteiger partial charge on any atom is -0.335 e. The number of rotatable bonds is 3. The second-order valence-corrected chi connectivity index (χ2v) is 5.51. The van der Waals surface area contributed by atoms with Gasteiger partial charge in [0.2, 0.25) is 0 Å². The lowest BCUT2D eigenvalue weighted by Crippen LogP contribution is -2.30.